The van der Waals surface area contributed by atoms with Crippen LogP contribution in [-0.2, 0) is 19.7 Å². The lowest BCUT2D eigenvalue weighted by Crippen LogP contribution is -2.12. The summed E-state index contributed by atoms with van der Waals surface area (Å²) in [6.07, 6.45) is 0. The highest BCUT2D eigenvalue weighted by molar-refractivity contribution is 6.30. The van der Waals surface area contributed by atoms with Crippen LogP contribution in [-0.4, -0.2) is 13.9 Å². The van der Waals surface area contributed by atoms with Crippen molar-refractivity contribution in [1.29, 1.82) is 0 Å². The summed E-state index contributed by atoms with van der Waals surface area (Å²) in [6.45, 7) is 2.15. The first-order chi connectivity index (χ1) is 14.2. The zero-order chi connectivity index (χ0) is 20.1. The lowest BCUT2D eigenvalue weighted by Gasteiger charge is -2.13. The molecule has 0 fully saturated rings. The fourth-order valence-electron chi connectivity index (χ4n) is 3.13. The molecule has 0 spiro atoms. The van der Waals surface area contributed by atoms with Crippen LogP contribution in [0.25, 0.3) is 0 Å². The molecule has 4 rings (SSSR count). The maximum Gasteiger partial charge on any atom is 0.231 e. The molecule has 1 N–H and O–H groups in total. The van der Waals surface area contributed by atoms with E-state index in [-0.39, 0.29) is 6.79 Å². The Bertz CT molecular complexity index is 992. The molecule has 150 valence electrons. The fourth-order valence-corrected chi connectivity index (χ4v) is 3.34. The van der Waals surface area contributed by atoms with Crippen LogP contribution in [0.2, 0.25) is 5.02 Å². The largest absolute Gasteiger partial charge is 0.493 e. The highest BCUT2D eigenvalue weighted by atomic mass is 35.5. The molecule has 0 aliphatic carbocycles. The molecule has 0 atom stereocenters. The number of halogens is 1. The lowest BCUT2D eigenvalue weighted by atomic mass is 10.1. The predicted molar refractivity (Wildman–Crippen MR) is 112 cm³/mol. The number of hydrogen-bond donors (Lipinski definition) is 1. The quantitative estimate of drug-likeness (QED) is 0.568. The van der Waals surface area contributed by atoms with E-state index in [2.05, 4.69) is 5.32 Å². The van der Waals surface area contributed by atoms with E-state index in [4.69, 9.17) is 30.5 Å². The van der Waals surface area contributed by atoms with Gasteiger partial charge in [-0.15, -0.1) is 0 Å². The molecule has 1 aliphatic heterocycles. The molecule has 1 heterocycles. The SMILES string of the molecule is COc1cc(CNCc2ccc3c(c2)OCO3)ccc1OCc1cccc(Cl)c1. The van der Waals surface area contributed by atoms with E-state index in [1.807, 2.05) is 60.7 Å². The van der Waals surface area contributed by atoms with Crippen LogP contribution in [0.3, 0.4) is 0 Å². The zero-order valence-electron chi connectivity index (χ0n) is 16.1. The van der Waals surface area contributed by atoms with Crippen molar-refractivity contribution in [3.8, 4) is 23.0 Å². The van der Waals surface area contributed by atoms with E-state index in [0.29, 0.717) is 29.7 Å². The van der Waals surface area contributed by atoms with Crippen molar-refractivity contribution >= 4 is 11.6 Å². The molecular formula is C23H22ClNO4. The molecule has 1 aliphatic rings. The Hall–Kier alpha value is -2.89. The van der Waals surface area contributed by atoms with Gasteiger partial charge in [0.25, 0.3) is 0 Å². The summed E-state index contributed by atoms with van der Waals surface area (Å²) in [7, 11) is 1.64. The highest BCUT2D eigenvalue weighted by Gasteiger charge is 2.13. The van der Waals surface area contributed by atoms with Crippen molar-refractivity contribution in [2.24, 2.45) is 0 Å². The number of fused-ring (bicyclic) bond motifs is 1. The number of nitrogens with one attached hydrogen (secondary N) is 1. The second-order valence-electron chi connectivity index (χ2n) is 6.69. The Labute approximate surface area is 175 Å². The third kappa shape index (κ3) is 4.94. The van der Waals surface area contributed by atoms with Crippen molar-refractivity contribution in [2.75, 3.05) is 13.9 Å². The molecule has 0 bridgehead atoms. The molecule has 0 amide bonds. The van der Waals surface area contributed by atoms with Gasteiger partial charge in [-0.1, -0.05) is 35.9 Å². The van der Waals surface area contributed by atoms with Gasteiger partial charge in [-0.2, -0.15) is 0 Å². The van der Waals surface area contributed by atoms with E-state index < -0.39 is 0 Å². The van der Waals surface area contributed by atoms with Gasteiger partial charge in [0.15, 0.2) is 23.0 Å². The minimum absolute atomic E-state index is 0.289. The third-order valence-corrected chi connectivity index (χ3v) is 4.84. The number of benzene rings is 3. The van der Waals surface area contributed by atoms with E-state index in [1.54, 1.807) is 7.11 Å². The summed E-state index contributed by atoms with van der Waals surface area (Å²) in [6, 6.07) is 19.5. The molecule has 0 unspecified atom stereocenters. The van der Waals surface area contributed by atoms with E-state index in [9.17, 15) is 0 Å². The van der Waals surface area contributed by atoms with Crippen LogP contribution < -0.4 is 24.3 Å². The van der Waals surface area contributed by atoms with Crippen molar-refractivity contribution < 1.29 is 18.9 Å². The molecule has 3 aromatic carbocycles. The van der Waals surface area contributed by atoms with Gasteiger partial charge in [0, 0.05) is 18.1 Å². The van der Waals surface area contributed by atoms with Crippen LogP contribution in [0.15, 0.2) is 60.7 Å². The summed E-state index contributed by atoms with van der Waals surface area (Å²) < 4.78 is 22.2. The van der Waals surface area contributed by atoms with Crippen molar-refractivity contribution in [2.45, 2.75) is 19.7 Å². The molecule has 0 saturated carbocycles. The summed E-state index contributed by atoms with van der Waals surface area (Å²) >= 11 is 6.03. The molecule has 0 radical (unpaired) electrons. The molecule has 5 nitrogen and oxygen atoms in total. The standard InChI is InChI=1S/C23H22ClNO4/c1-26-22-10-16(5-7-20(22)27-14-18-3-2-4-19(24)9-18)12-25-13-17-6-8-21-23(11-17)29-15-28-21/h2-11,25H,12-15H2,1H3. The smallest absolute Gasteiger partial charge is 0.231 e. The molecule has 0 saturated heterocycles. The summed E-state index contributed by atoms with van der Waals surface area (Å²) in [4.78, 5) is 0. The van der Waals surface area contributed by atoms with Crippen molar-refractivity contribution in [3.63, 3.8) is 0 Å². The van der Waals surface area contributed by atoms with Crippen molar-refractivity contribution in [1.82, 2.24) is 5.32 Å². The minimum Gasteiger partial charge on any atom is -0.493 e. The Kier molecular flexibility index (Phi) is 6.08. The van der Waals surface area contributed by atoms with Gasteiger partial charge in [-0.25, -0.2) is 0 Å². The fraction of sp³-hybridized carbons (Fsp3) is 0.217. The normalized spacial score (nSPS) is 12.1. The summed E-state index contributed by atoms with van der Waals surface area (Å²) in [5.74, 6) is 3.00. The van der Waals surface area contributed by atoms with Crippen LogP contribution in [0.1, 0.15) is 16.7 Å². The van der Waals surface area contributed by atoms with E-state index in [0.717, 1.165) is 34.7 Å². The lowest BCUT2D eigenvalue weighted by molar-refractivity contribution is 0.174. The van der Waals surface area contributed by atoms with Crippen molar-refractivity contribution in [3.05, 3.63) is 82.4 Å². The maximum absolute atomic E-state index is 6.03. The van der Waals surface area contributed by atoms with E-state index in [1.165, 1.54) is 0 Å². The maximum atomic E-state index is 6.03. The van der Waals surface area contributed by atoms with Gasteiger partial charge in [0.1, 0.15) is 6.61 Å². The number of hydrogen-bond acceptors (Lipinski definition) is 5. The Morgan fingerprint density at radius 1 is 0.862 bits per heavy atom. The van der Waals surface area contributed by atoms with Crippen LogP contribution in [0.5, 0.6) is 23.0 Å². The zero-order valence-corrected chi connectivity index (χ0v) is 16.9. The first-order valence-corrected chi connectivity index (χ1v) is 9.72. The topological polar surface area (TPSA) is 49.0 Å². The van der Waals surface area contributed by atoms with Gasteiger partial charge in [0.05, 0.1) is 7.11 Å². The molecule has 6 heteroatoms. The summed E-state index contributed by atoms with van der Waals surface area (Å²) in [5.41, 5.74) is 3.26. The predicted octanol–water partition coefficient (Wildman–Crippen LogP) is 4.95. The minimum atomic E-state index is 0.289. The Balaban J connectivity index is 1.33. The van der Waals surface area contributed by atoms with E-state index >= 15 is 0 Å². The number of ether oxygens (including phenoxy) is 4. The molecule has 3 aromatic rings. The highest BCUT2D eigenvalue weighted by Crippen LogP contribution is 2.32. The second-order valence-corrected chi connectivity index (χ2v) is 7.13. The van der Waals surface area contributed by atoms with Gasteiger partial charge in [-0.3, -0.25) is 0 Å². The summed E-state index contributed by atoms with van der Waals surface area (Å²) in [5, 5.41) is 4.13. The van der Waals surface area contributed by atoms with Gasteiger partial charge in [0.2, 0.25) is 6.79 Å². The number of rotatable bonds is 8. The molecule has 0 aromatic heterocycles. The Morgan fingerprint density at radius 3 is 2.48 bits per heavy atom. The van der Waals surface area contributed by atoms with Crippen LogP contribution >= 0.6 is 11.6 Å². The van der Waals surface area contributed by atoms with Gasteiger partial charge >= 0.3 is 0 Å². The second kappa shape index (κ2) is 9.07. The molecular weight excluding hydrogens is 390 g/mol. The van der Waals surface area contributed by atoms with Gasteiger partial charge in [-0.05, 0) is 53.1 Å². The molecule has 29 heavy (non-hydrogen) atoms. The van der Waals surface area contributed by atoms with Crippen LogP contribution in [0, 0.1) is 0 Å². The van der Waals surface area contributed by atoms with Crippen LogP contribution in [0.4, 0.5) is 0 Å². The third-order valence-electron chi connectivity index (χ3n) is 4.61. The first kappa shape index (κ1) is 19.4. The average molecular weight is 412 g/mol. The van der Waals surface area contributed by atoms with Gasteiger partial charge < -0.3 is 24.3 Å². The first-order valence-electron chi connectivity index (χ1n) is 9.34. The monoisotopic (exact) mass is 411 g/mol. The number of methoxy groups -OCH3 is 1. The Morgan fingerprint density at radius 2 is 1.66 bits per heavy atom. The average Bonchev–Trinajstić information content (AvgIpc) is 3.20.